The lowest BCUT2D eigenvalue weighted by atomic mass is 9.82. The van der Waals surface area contributed by atoms with Crippen molar-refractivity contribution < 1.29 is 4.52 Å². The fourth-order valence-corrected chi connectivity index (χ4v) is 3.80. The molecule has 2 aliphatic rings. The normalized spacial score (nSPS) is 24.0. The number of likely N-dealkylation sites (tertiary alicyclic amines) is 1. The zero-order valence-corrected chi connectivity index (χ0v) is 17.3. The summed E-state index contributed by atoms with van der Waals surface area (Å²) < 4.78 is 5.29. The maximum atomic E-state index is 5.29. The highest BCUT2D eigenvalue weighted by molar-refractivity contribution is 14.0. The molecule has 2 heterocycles. The number of aromatic nitrogens is 2. The van der Waals surface area contributed by atoms with Crippen LogP contribution in [0, 0.1) is 11.8 Å². The third kappa shape index (κ3) is 4.61. The van der Waals surface area contributed by atoms with Gasteiger partial charge in [0, 0.05) is 39.0 Å². The SMILES string of the molecule is CN=C(NCCc1nc(C(C)C)no1)N1CC2CCCCC2C1.I. The number of guanidine groups is 1. The minimum absolute atomic E-state index is 0. The van der Waals surface area contributed by atoms with E-state index in [2.05, 4.69) is 39.2 Å². The van der Waals surface area contributed by atoms with Crippen molar-refractivity contribution in [2.45, 2.75) is 51.9 Å². The average Bonchev–Trinajstić information content (AvgIpc) is 3.18. The standard InChI is InChI=1S/C17H29N5O.HI/c1-12(2)16-20-15(23-21-16)8-9-19-17(18-3)22-10-13-6-4-5-7-14(13)11-22;/h12-14H,4-11H2,1-3H3,(H,18,19);1H. The molecule has 0 bridgehead atoms. The van der Waals surface area contributed by atoms with E-state index in [-0.39, 0.29) is 24.0 Å². The lowest BCUT2D eigenvalue weighted by molar-refractivity contribution is 0.299. The van der Waals surface area contributed by atoms with Crippen molar-refractivity contribution in [3.63, 3.8) is 0 Å². The molecule has 1 aromatic heterocycles. The van der Waals surface area contributed by atoms with E-state index >= 15 is 0 Å². The number of aliphatic imine (C=N–C) groups is 1. The van der Waals surface area contributed by atoms with Gasteiger partial charge in [-0.1, -0.05) is 31.8 Å². The average molecular weight is 447 g/mol. The summed E-state index contributed by atoms with van der Waals surface area (Å²) in [6.07, 6.45) is 6.31. The van der Waals surface area contributed by atoms with Crippen molar-refractivity contribution in [2.24, 2.45) is 16.8 Å². The Morgan fingerprint density at radius 2 is 1.96 bits per heavy atom. The van der Waals surface area contributed by atoms with Crippen LogP contribution < -0.4 is 5.32 Å². The number of nitrogens with one attached hydrogen (secondary N) is 1. The Hall–Kier alpha value is -0.860. The molecule has 6 nitrogen and oxygen atoms in total. The van der Waals surface area contributed by atoms with Crippen LogP contribution in [0.1, 0.15) is 57.2 Å². The predicted octanol–water partition coefficient (Wildman–Crippen LogP) is 3.05. The molecule has 1 saturated carbocycles. The zero-order valence-electron chi connectivity index (χ0n) is 15.0. The van der Waals surface area contributed by atoms with E-state index in [4.69, 9.17) is 4.52 Å². The maximum absolute atomic E-state index is 5.29. The molecule has 2 fully saturated rings. The van der Waals surface area contributed by atoms with Crippen LogP contribution in [-0.2, 0) is 6.42 Å². The number of fused-ring (bicyclic) bond motifs is 1. The van der Waals surface area contributed by atoms with Crippen molar-refractivity contribution in [3.05, 3.63) is 11.7 Å². The first-order chi connectivity index (χ1) is 11.2. The lowest BCUT2D eigenvalue weighted by Gasteiger charge is -2.22. The van der Waals surface area contributed by atoms with Gasteiger partial charge in [-0.15, -0.1) is 24.0 Å². The molecule has 1 aliphatic heterocycles. The molecule has 1 aliphatic carbocycles. The molecule has 1 N–H and O–H groups in total. The summed E-state index contributed by atoms with van der Waals surface area (Å²) in [5.74, 6) is 4.54. The Labute approximate surface area is 161 Å². The molecule has 0 amide bonds. The number of halogens is 1. The van der Waals surface area contributed by atoms with E-state index < -0.39 is 0 Å². The predicted molar refractivity (Wildman–Crippen MR) is 106 cm³/mol. The van der Waals surface area contributed by atoms with Crippen LogP contribution >= 0.6 is 24.0 Å². The molecule has 1 aromatic rings. The van der Waals surface area contributed by atoms with Crippen molar-refractivity contribution in [3.8, 4) is 0 Å². The van der Waals surface area contributed by atoms with Gasteiger partial charge >= 0.3 is 0 Å². The number of rotatable bonds is 4. The molecule has 2 unspecified atom stereocenters. The first-order valence-electron chi connectivity index (χ1n) is 8.95. The van der Waals surface area contributed by atoms with Crippen LogP contribution in [0.5, 0.6) is 0 Å². The van der Waals surface area contributed by atoms with Gasteiger partial charge in [0.1, 0.15) is 0 Å². The lowest BCUT2D eigenvalue weighted by Crippen LogP contribution is -2.41. The van der Waals surface area contributed by atoms with Crippen LogP contribution in [0.25, 0.3) is 0 Å². The fourth-order valence-electron chi connectivity index (χ4n) is 3.80. The maximum Gasteiger partial charge on any atom is 0.228 e. The number of hydrogen-bond acceptors (Lipinski definition) is 4. The Balaban J connectivity index is 0.00000208. The summed E-state index contributed by atoms with van der Waals surface area (Å²) in [5, 5.41) is 7.46. The highest BCUT2D eigenvalue weighted by Gasteiger charge is 2.35. The first-order valence-corrected chi connectivity index (χ1v) is 8.95. The second-order valence-corrected chi connectivity index (χ2v) is 7.13. The molecule has 24 heavy (non-hydrogen) atoms. The van der Waals surface area contributed by atoms with Gasteiger partial charge in [0.05, 0.1) is 0 Å². The van der Waals surface area contributed by atoms with Gasteiger partial charge in [0.2, 0.25) is 5.89 Å². The topological polar surface area (TPSA) is 66.5 Å². The van der Waals surface area contributed by atoms with Gasteiger partial charge in [0.15, 0.2) is 11.8 Å². The van der Waals surface area contributed by atoms with Gasteiger partial charge in [-0.3, -0.25) is 4.99 Å². The van der Waals surface area contributed by atoms with Crippen molar-refractivity contribution in [1.29, 1.82) is 0 Å². The number of nitrogens with zero attached hydrogens (tertiary/aromatic N) is 4. The molecular formula is C17H30IN5O. The summed E-state index contributed by atoms with van der Waals surface area (Å²) >= 11 is 0. The minimum atomic E-state index is 0. The van der Waals surface area contributed by atoms with Crippen LogP contribution in [0.2, 0.25) is 0 Å². The molecular weight excluding hydrogens is 417 g/mol. The second kappa shape index (κ2) is 9.01. The van der Waals surface area contributed by atoms with Crippen LogP contribution in [-0.4, -0.2) is 47.7 Å². The van der Waals surface area contributed by atoms with Gasteiger partial charge in [-0.05, 0) is 24.7 Å². The molecule has 1 saturated heterocycles. The summed E-state index contributed by atoms with van der Waals surface area (Å²) in [4.78, 5) is 11.3. The van der Waals surface area contributed by atoms with E-state index in [9.17, 15) is 0 Å². The summed E-state index contributed by atoms with van der Waals surface area (Å²) in [6, 6.07) is 0. The quantitative estimate of drug-likeness (QED) is 0.437. The molecule has 3 rings (SSSR count). The highest BCUT2D eigenvalue weighted by atomic mass is 127. The Kier molecular flexibility index (Phi) is 7.31. The fraction of sp³-hybridized carbons (Fsp3) is 0.824. The molecule has 0 aromatic carbocycles. The molecule has 0 spiro atoms. The molecule has 0 radical (unpaired) electrons. The molecule has 2 atom stereocenters. The third-order valence-electron chi connectivity index (χ3n) is 5.11. The van der Waals surface area contributed by atoms with E-state index in [0.29, 0.717) is 11.8 Å². The Morgan fingerprint density at radius 1 is 1.29 bits per heavy atom. The first kappa shape index (κ1) is 19.5. The van der Waals surface area contributed by atoms with E-state index in [1.54, 1.807) is 0 Å². The van der Waals surface area contributed by atoms with Crippen molar-refractivity contribution in [1.82, 2.24) is 20.4 Å². The van der Waals surface area contributed by atoms with Gasteiger partial charge in [0.25, 0.3) is 0 Å². The van der Waals surface area contributed by atoms with Gasteiger partial charge in [-0.25, -0.2) is 0 Å². The Bertz CT molecular complexity index is 531. The van der Waals surface area contributed by atoms with E-state index in [1.165, 1.54) is 25.7 Å². The minimum Gasteiger partial charge on any atom is -0.356 e. The molecule has 136 valence electrons. The third-order valence-corrected chi connectivity index (χ3v) is 5.11. The van der Waals surface area contributed by atoms with Crippen LogP contribution in [0.15, 0.2) is 9.52 Å². The van der Waals surface area contributed by atoms with E-state index in [1.807, 2.05) is 7.05 Å². The Morgan fingerprint density at radius 3 is 2.50 bits per heavy atom. The van der Waals surface area contributed by atoms with Crippen molar-refractivity contribution in [2.75, 3.05) is 26.7 Å². The second-order valence-electron chi connectivity index (χ2n) is 7.13. The summed E-state index contributed by atoms with van der Waals surface area (Å²) in [5.41, 5.74) is 0. The van der Waals surface area contributed by atoms with Gasteiger partial charge in [-0.2, -0.15) is 4.98 Å². The zero-order chi connectivity index (χ0) is 16.2. The largest absolute Gasteiger partial charge is 0.356 e. The van der Waals surface area contributed by atoms with Crippen LogP contribution in [0.3, 0.4) is 0 Å². The highest BCUT2D eigenvalue weighted by Crippen LogP contribution is 2.35. The molecule has 7 heteroatoms. The monoisotopic (exact) mass is 447 g/mol. The summed E-state index contributed by atoms with van der Waals surface area (Å²) in [7, 11) is 1.87. The van der Waals surface area contributed by atoms with Crippen molar-refractivity contribution >= 4 is 29.9 Å². The summed E-state index contributed by atoms with van der Waals surface area (Å²) in [6.45, 7) is 7.23. The van der Waals surface area contributed by atoms with E-state index in [0.717, 1.165) is 49.7 Å². The van der Waals surface area contributed by atoms with Crippen LogP contribution in [0.4, 0.5) is 0 Å². The smallest absolute Gasteiger partial charge is 0.228 e. The number of hydrogen-bond donors (Lipinski definition) is 1. The van der Waals surface area contributed by atoms with Gasteiger partial charge < -0.3 is 14.7 Å².